The normalized spacial score (nSPS) is 16.8. The van der Waals surface area contributed by atoms with E-state index in [1.54, 1.807) is 6.07 Å². The Morgan fingerprint density at radius 2 is 2.25 bits per heavy atom. The van der Waals surface area contributed by atoms with Gasteiger partial charge in [0.1, 0.15) is 6.10 Å². The summed E-state index contributed by atoms with van der Waals surface area (Å²) in [4.78, 5) is 22.3. The van der Waals surface area contributed by atoms with Crippen LogP contribution in [0.15, 0.2) is 36.4 Å². The molecule has 24 heavy (non-hydrogen) atoms. The average molecular weight is 347 g/mol. The number of amides is 1. The number of rotatable bonds is 6. The van der Waals surface area contributed by atoms with Crippen molar-refractivity contribution >= 4 is 32.9 Å². The molecule has 0 spiro atoms. The van der Waals surface area contributed by atoms with Gasteiger partial charge in [0.05, 0.1) is 9.92 Å². The third-order valence-corrected chi connectivity index (χ3v) is 4.65. The van der Waals surface area contributed by atoms with Crippen LogP contribution in [-0.4, -0.2) is 23.5 Å². The van der Waals surface area contributed by atoms with Crippen LogP contribution in [0.1, 0.15) is 18.4 Å². The molecule has 2 aromatic rings. The van der Waals surface area contributed by atoms with Gasteiger partial charge in [0, 0.05) is 24.9 Å². The van der Waals surface area contributed by atoms with Crippen molar-refractivity contribution in [2.75, 3.05) is 17.2 Å². The minimum Gasteiger partial charge on any atom is -0.373 e. The van der Waals surface area contributed by atoms with E-state index in [-0.39, 0.29) is 17.0 Å². The molecule has 1 aromatic heterocycles. The number of hydrogen-bond donors (Lipinski definition) is 2. The fourth-order valence-electron chi connectivity index (χ4n) is 2.48. The Kier molecular flexibility index (Phi) is 5.07. The van der Waals surface area contributed by atoms with Crippen LogP contribution in [0.5, 0.6) is 0 Å². The lowest BCUT2D eigenvalue weighted by Gasteiger charge is -2.11. The molecular formula is C16H17N3O4S. The van der Waals surface area contributed by atoms with Crippen LogP contribution in [0.25, 0.3) is 0 Å². The number of nitro groups is 1. The van der Waals surface area contributed by atoms with Crippen LogP contribution in [0.2, 0.25) is 0 Å². The summed E-state index contributed by atoms with van der Waals surface area (Å²) in [6, 6.07) is 10.7. The zero-order valence-corrected chi connectivity index (χ0v) is 13.7. The van der Waals surface area contributed by atoms with Crippen LogP contribution < -0.4 is 10.6 Å². The second kappa shape index (κ2) is 7.41. The molecule has 3 rings (SSSR count). The topological polar surface area (TPSA) is 93.5 Å². The van der Waals surface area contributed by atoms with Gasteiger partial charge in [-0.2, -0.15) is 0 Å². The number of nitrogens with one attached hydrogen (secondary N) is 2. The van der Waals surface area contributed by atoms with Crippen molar-refractivity contribution in [1.29, 1.82) is 0 Å². The second-order valence-electron chi connectivity index (χ2n) is 5.44. The van der Waals surface area contributed by atoms with Crippen molar-refractivity contribution in [2.24, 2.45) is 0 Å². The van der Waals surface area contributed by atoms with Crippen LogP contribution in [0.4, 0.5) is 15.7 Å². The van der Waals surface area contributed by atoms with Crippen molar-refractivity contribution in [3.05, 3.63) is 52.1 Å². The molecule has 8 heteroatoms. The van der Waals surface area contributed by atoms with E-state index in [4.69, 9.17) is 4.74 Å². The molecule has 7 nitrogen and oxygen atoms in total. The summed E-state index contributed by atoms with van der Waals surface area (Å²) < 4.78 is 5.37. The summed E-state index contributed by atoms with van der Waals surface area (Å²) >= 11 is 1.10. The van der Waals surface area contributed by atoms with E-state index in [0.29, 0.717) is 18.8 Å². The Balaban J connectivity index is 1.58. The van der Waals surface area contributed by atoms with Gasteiger partial charge < -0.3 is 15.4 Å². The van der Waals surface area contributed by atoms with Gasteiger partial charge >= 0.3 is 5.00 Å². The van der Waals surface area contributed by atoms with Gasteiger partial charge in [0.2, 0.25) is 0 Å². The Bertz CT molecular complexity index is 740. The zero-order valence-electron chi connectivity index (χ0n) is 12.9. The molecule has 1 aromatic carbocycles. The Morgan fingerprint density at radius 3 is 2.96 bits per heavy atom. The Hall–Kier alpha value is -2.45. The van der Waals surface area contributed by atoms with Gasteiger partial charge in [-0.05, 0) is 47.9 Å². The highest BCUT2D eigenvalue weighted by Gasteiger charge is 2.23. The highest BCUT2D eigenvalue weighted by molar-refractivity contribution is 7.19. The third-order valence-electron chi connectivity index (χ3n) is 3.66. The lowest BCUT2D eigenvalue weighted by atomic mass is 10.2. The van der Waals surface area contributed by atoms with Crippen molar-refractivity contribution in [1.82, 2.24) is 0 Å². The molecular weight excluding hydrogens is 330 g/mol. The molecule has 0 aliphatic carbocycles. The molecule has 0 saturated carbocycles. The molecule has 1 fully saturated rings. The molecule has 2 heterocycles. The molecule has 1 amide bonds. The molecule has 1 atom stereocenters. The maximum Gasteiger partial charge on any atom is 0.326 e. The van der Waals surface area contributed by atoms with Gasteiger partial charge in [0.25, 0.3) is 5.91 Å². The summed E-state index contributed by atoms with van der Waals surface area (Å²) in [5, 5.41) is 17.5. The SMILES string of the molecule is O=C(Nc1cccc(CNc2ccc([N+](=O)[O-])s2)c1)C1CCCO1. The van der Waals surface area contributed by atoms with E-state index in [1.165, 1.54) is 6.07 Å². The number of hydrogen-bond acceptors (Lipinski definition) is 6. The van der Waals surface area contributed by atoms with Gasteiger partial charge in [-0.1, -0.05) is 12.1 Å². The van der Waals surface area contributed by atoms with Crippen LogP contribution in [-0.2, 0) is 16.1 Å². The minimum atomic E-state index is -0.406. The third kappa shape index (κ3) is 4.09. The number of anilines is 2. The monoisotopic (exact) mass is 347 g/mol. The van der Waals surface area contributed by atoms with Gasteiger partial charge in [0.15, 0.2) is 0 Å². The number of ether oxygens (including phenoxy) is 1. The molecule has 1 unspecified atom stereocenters. The first-order valence-corrected chi connectivity index (χ1v) is 8.43. The predicted octanol–water partition coefficient (Wildman–Crippen LogP) is 3.39. The van der Waals surface area contributed by atoms with E-state index in [9.17, 15) is 14.9 Å². The van der Waals surface area contributed by atoms with Gasteiger partial charge in [-0.3, -0.25) is 14.9 Å². The summed E-state index contributed by atoms with van der Waals surface area (Å²) in [7, 11) is 0. The van der Waals surface area contributed by atoms with E-state index in [1.807, 2.05) is 24.3 Å². The molecule has 0 radical (unpaired) electrons. The average Bonchev–Trinajstić information content (AvgIpc) is 3.25. The van der Waals surface area contributed by atoms with Crippen molar-refractivity contribution in [3.63, 3.8) is 0 Å². The highest BCUT2D eigenvalue weighted by atomic mass is 32.1. The Morgan fingerprint density at radius 1 is 1.38 bits per heavy atom. The van der Waals surface area contributed by atoms with E-state index >= 15 is 0 Å². The zero-order chi connectivity index (χ0) is 16.9. The van der Waals surface area contributed by atoms with Crippen molar-refractivity contribution in [3.8, 4) is 0 Å². The van der Waals surface area contributed by atoms with E-state index in [2.05, 4.69) is 10.6 Å². The molecule has 126 valence electrons. The summed E-state index contributed by atoms with van der Waals surface area (Å²) in [5.41, 5.74) is 1.68. The molecule has 1 aliphatic heterocycles. The van der Waals surface area contributed by atoms with E-state index in [0.717, 1.165) is 34.7 Å². The maximum atomic E-state index is 12.1. The molecule has 2 N–H and O–H groups in total. The highest BCUT2D eigenvalue weighted by Crippen LogP contribution is 2.28. The summed E-state index contributed by atoms with van der Waals surface area (Å²) in [6.45, 7) is 1.15. The number of carbonyl (C=O) groups is 1. The number of nitrogens with zero attached hydrogens (tertiary/aromatic N) is 1. The summed E-state index contributed by atoms with van der Waals surface area (Å²) in [6.07, 6.45) is 1.30. The Labute approximate surface area is 142 Å². The maximum absolute atomic E-state index is 12.1. The van der Waals surface area contributed by atoms with Gasteiger partial charge in [-0.15, -0.1) is 0 Å². The summed E-state index contributed by atoms with van der Waals surface area (Å²) in [5.74, 6) is -0.119. The number of thiophene rings is 1. The second-order valence-corrected chi connectivity index (χ2v) is 6.50. The fourth-order valence-corrected chi connectivity index (χ4v) is 3.19. The molecule has 0 bridgehead atoms. The number of benzene rings is 1. The smallest absolute Gasteiger partial charge is 0.326 e. The fraction of sp³-hybridized carbons (Fsp3) is 0.312. The minimum absolute atomic E-state index is 0.107. The molecule has 1 aliphatic rings. The quantitative estimate of drug-likeness (QED) is 0.617. The molecule has 1 saturated heterocycles. The van der Waals surface area contributed by atoms with Gasteiger partial charge in [-0.25, -0.2) is 0 Å². The van der Waals surface area contributed by atoms with Crippen LogP contribution >= 0.6 is 11.3 Å². The lowest BCUT2D eigenvalue weighted by molar-refractivity contribution is -0.380. The first-order chi connectivity index (χ1) is 11.6. The van der Waals surface area contributed by atoms with Crippen molar-refractivity contribution in [2.45, 2.75) is 25.5 Å². The standard InChI is InChI=1S/C16H17N3O4S/c20-16(13-5-2-8-23-13)18-12-4-1-3-11(9-12)10-17-14-6-7-15(24-14)19(21)22/h1,3-4,6-7,9,13,17H,2,5,8,10H2,(H,18,20). The first-order valence-electron chi connectivity index (χ1n) is 7.61. The predicted molar refractivity (Wildman–Crippen MR) is 92.3 cm³/mol. The number of carbonyl (C=O) groups excluding carboxylic acids is 1. The largest absolute Gasteiger partial charge is 0.373 e. The van der Waals surface area contributed by atoms with Crippen molar-refractivity contribution < 1.29 is 14.5 Å². The first kappa shape index (κ1) is 16.4. The van der Waals surface area contributed by atoms with Crippen LogP contribution in [0, 0.1) is 10.1 Å². The lowest BCUT2D eigenvalue weighted by Crippen LogP contribution is -2.26. The van der Waals surface area contributed by atoms with Crippen LogP contribution in [0.3, 0.4) is 0 Å². The van der Waals surface area contributed by atoms with E-state index < -0.39 is 4.92 Å².